The summed E-state index contributed by atoms with van der Waals surface area (Å²) in [6.45, 7) is 4.61. The van der Waals surface area contributed by atoms with E-state index in [-0.39, 0.29) is 11.8 Å². The van der Waals surface area contributed by atoms with E-state index in [2.05, 4.69) is 54.3 Å². The van der Waals surface area contributed by atoms with Crippen LogP contribution in [0, 0.1) is 12.8 Å². The van der Waals surface area contributed by atoms with Crippen LogP contribution in [0.1, 0.15) is 24.0 Å². The van der Waals surface area contributed by atoms with Gasteiger partial charge in [-0.2, -0.15) is 0 Å². The molecule has 7 heteroatoms. The van der Waals surface area contributed by atoms with Gasteiger partial charge in [0.2, 0.25) is 16.0 Å². The summed E-state index contributed by atoms with van der Waals surface area (Å²) in [4.78, 5) is 23.2. The van der Waals surface area contributed by atoms with Gasteiger partial charge in [0, 0.05) is 36.8 Å². The second kappa shape index (κ2) is 7.74. The standard InChI is InChI=1S/C25H25N5OS/c1-17-6-8-18(9-7-17)21-16-30-24(26-21)32-25(27-30)28-13-10-20(11-14-28)23(31)29-15-12-19-4-2-3-5-22(19)29/h2-9,16,20H,10-15H2,1H3. The van der Waals surface area contributed by atoms with Gasteiger partial charge in [-0.1, -0.05) is 59.4 Å². The maximum absolute atomic E-state index is 13.2. The number of hydrogen-bond acceptors (Lipinski definition) is 5. The largest absolute Gasteiger partial charge is 0.347 e. The third-order valence-electron chi connectivity index (χ3n) is 6.65. The Balaban J connectivity index is 1.13. The minimum absolute atomic E-state index is 0.0922. The van der Waals surface area contributed by atoms with E-state index in [9.17, 15) is 4.79 Å². The summed E-state index contributed by atoms with van der Waals surface area (Å²) in [6, 6.07) is 16.7. The molecule has 4 aromatic rings. The van der Waals surface area contributed by atoms with E-state index >= 15 is 0 Å². The van der Waals surface area contributed by atoms with Crippen molar-refractivity contribution in [1.82, 2.24) is 14.6 Å². The molecule has 1 amide bonds. The number of carbonyl (C=O) groups excluding carboxylic acids is 1. The molecular formula is C25H25N5OS. The van der Waals surface area contributed by atoms with Crippen LogP contribution in [0.3, 0.4) is 0 Å². The first-order valence-corrected chi connectivity index (χ1v) is 12.0. The van der Waals surface area contributed by atoms with E-state index in [1.807, 2.05) is 21.7 Å². The van der Waals surface area contributed by atoms with Gasteiger partial charge in [0.05, 0.1) is 11.9 Å². The Labute approximate surface area is 191 Å². The second-order valence-corrected chi connectivity index (χ2v) is 9.67. The fourth-order valence-corrected chi connectivity index (χ4v) is 5.72. The van der Waals surface area contributed by atoms with Crippen molar-refractivity contribution in [2.75, 3.05) is 29.4 Å². The van der Waals surface area contributed by atoms with Gasteiger partial charge in [0.15, 0.2) is 0 Å². The molecule has 162 valence electrons. The molecule has 2 aliphatic heterocycles. The molecule has 1 fully saturated rings. The Morgan fingerprint density at radius 1 is 1.03 bits per heavy atom. The van der Waals surface area contributed by atoms with Gasteiger partial charge >= 0.3 is 0 Å². The summed E-state index contributed by atoms with van der Waals surface area (Å²) in [7, 11) is 0. The zero-order chi connectivity index (χ0) is 21.7. The van der Waals surface area contributed by atoms with E-state index in [0.717, 1.165) is 65.9 Å². The Kier molecular flexibility index (Phi) is 4.72. The number of rotatable bonds is 3. The summed E-state index contributed by atoms with van der Waals surface area (Å²) < 4.78 is 1.88. The van der Waals surface area contributed by atoms with Crippen molar-refractivity contribution in [2.24, 2.45) is 5.92 Å². The first-order chi connectivity index (χ1) is 15.7. The Bertz CT molecular complexity index is 1250. The molecule has 0 unspecified atom stereocenters. The third kappa shape index (κ3) is 3.37. The fourth-order valence-electron chi connectivity index (χ4n) is 4.79. The topological polar surface area (TPSA) is 53.7 Å². The molecule has 0 radical (unpaired) electrons. The Hall–Kier alpha value is -3.19. The molecular weight excluding hydrogens is 418 g/mol. The van der Waals surface area contributed by atoms with Gasteiger partial charge in [0.25, 0.3) is 0 Å². The van der Waals surface area contributed by atoms with Crippen LogP contribution in [-0.4, -0.2) is 40.1 Å². The van der Waals surface area contributed by atoms with Crippen molar-refractivity contribution in [3.05, 3.63) is 65.9 Å². The predicted molar refractivity (Wildman–Crippen MR) is 128 cm³/mol. The van der Waals surface area contributed by atoms with Gasteiger partial charge < -0.3 is 9.80 Å². The molecule has 0 aliphatic carbocycles. The molecule has 0 saturated carbocycles. The summed E-state index contributed by atoms with van der Waals surface area (Å²) in [5.74, 6) is 0.376. The molecule has 6 rings (SSSR count). The maximum atomic E-state index is 13.2. The minimum atomic E-state index is 0.0922. The molecule has 0 spiro atoms. The number of nitrogens with zero attached hydrogens (tertiary/aromatic N) is 5. The zero-order valence-electron chi connectivity index (χ0n) is 18.1. The number of carbonyl (C=O) groups is 1. The lowest BCUT2D eigenvalue weighted by Crippen LogP contribution is -2.42. The number of imidazole rings is 1. The number of aromatic nitrogens is 3. The van der Waals surface area contributed by atoms with E-state index in [1.54, 1.807) is 11.3 Å². The molecule has 2 aliphatic rings. The smallest absolute Gasteiger partial charge is 0.230 e. The first kappa shape index (κ1) is 19.5. The second-order valence-electron chi connectivity index (χ2n) is 8.73. The highest BCUT2D eigenvalue weighted by molar-refractivity contribution is 7.20. The molecule has 4 heterocycles. The van der Waals surface area contributed by atoms with Gasteiger partial charge in [-0.15, -0.1) is 5.10 Å². The van der Waals surface area contributed by atoms with Gasteiger partial charge in [-0.3, -0.25) is 4.79 Å². The van der Waals surface area contributed by atoms with E-state index in [4.69, 9.17) is 10.1 Å². The van der Waals surface area contributed by atoms with E-state index < -0.39 is 0 Å². The fraction of sp³-hybridized carbons (Fsp3) is 0.320. The summed E-state index contributed by atoms with van der Waals surface area (Å²) >= 11 is 1.62. The third-order valence-corrected chi connectivity index (χ3v) is 7.63. The molecule has 0 N–H and O–H groups in total. The van der Waals surface area contributed by atoms with Crippen LogP contribution in [0.25, 0.3) is 16.2 Å². The van der Waals surface area contributed by atoms with Crippen molar-refractivity contribution in [3.63, 3.8) is 0 Å². The predicted octanol–water partition coefficient (Wildman–Crippen LogP) is 4.57. The van der Waals surface area contributed by atoms with E-state index in [1.165, 1.54) is 11.1 Å². The summed E-state index contributed by atoms with van der Waals surface area (Å²) in [5.41, 5.74) is 5.69. The molecule has 32 heavy (non-hydrogen) atoms. The highest BCUT2D eigenvalue weighted by Crippen LogP contribution is 2.33. The number of fused-ring (bicyclic) bond motifs is 2. The van der Waals surface area contributed by atoms with Gasteiger partial charge in [-0.25, -0.2) is 9.50 Å². The van der Waals surface area contributed by atoms with Crippen LogP contribution in [-0.2, 0) is 11.2 Å². The maximum Gasteiger partial charge on any atom is 0.230 e. The average molecular weight is 444 g/mol. The zero-order valence-corrected chi connectivity index (χ0v) is 18.9. The Morgan fingerprint density at radius 2 is 1.81 bits per heavy atom. The van der Waals surface area contributed by atoms with Crippen LogP contribution >= 0.6 is 11.3 Å². The first-order valence-electron chi connectivity index (χ1n) is 11.2. The highest BCUT2D eigenvalue weighted by Gasteiger charge is 2.33. The Morgan fingerprint density at radius 3 is 2.59 bits per heavy atom. The molecule has 2 aromatic heterocycles. The number of para-hydroxylation sites is 1. The van der Waals surface area contributed by atoms with Crippen molar-refractivity contribution in [1.29, 1.82) is 0 Å². The number of benzene rings is 2. The lowest BCUT2D eigenvalue weighted by Gasteiger charge is -2.32. The van der Waals surface area contributed by atoms with Crippen molar-refractivity contribution >= 4 is 33.0 Å². The number of aryl methyl sites for hydroxylation is 1. The van der Waals surface area contributed by atoms with Crippen molar-refractivity contribution in [2.45, 2.75) is 26.2 Å². The van der Waals surface area contributed by atoms with Crippen LogP contribution in [0.15, 0.2) is 54.7 Å². The molecule has 1 saturated heterocycles. The number of anilines is 2. The number of piperidine rings is 1. The van der Waals surface area contributed by atoms with Crippen molar-refractivity contribution < 1.29 is 4.79 Å². The molecule has 0 bridgehead atoms. The van der Waals surface area contributed by atoms with Crippen LogP contribution in [0.2, 0.25) is 0 Å². The van der Waals surface area contributed by atoms with Gasteiger partial charge in [0.1, 0.15) is 0 Å². The van der Waals surface area contributed by atoms with Crippen LogP contribution in [0.4, 0.5) is 10.8 Å². The summed E-state index contributed by atoms with van der Waals surface area (Å²) in [6.07, 6.45) is 4.70. The SMILES string of the molecule is Cc1ccc(-c2cn3nc(N4CCC(C(=O)N5CCc6ccccc65)CC4)sc3n2)cc1. The quantitative estimate of drug-likeness (QED) is 0.465. The monoisotopic (exact) mass is 443 g/mol. The van der Waals surface area contributed by atoms with Crippen molar-refractivity contribution in [3.8, 4) is 11.3 Å². The van der Waals surface area contributed by atoms with E-state index in [0.29, 0.717) is 0 Å². The minimum Gasteiger partial charge on any atom is -0.347 e. The molecule has 6 nitrogen and oxygen atoms in total. The number of hydrogen-bond donors (Lipinski definition) is 0. The normalized spacial score (nSPS) is 16.7. The molecule has 0 atom stereocenters. The van der Waals surface area contributed by atoms with Gasteiger partial charge in [-0.05, 0) is 37.8 Å². The lowest BCUT2D eigenvalue weighted by molar-refractivity contribution is -0.122. The average Bonchev–Trinajstić information content (AvgIpc) is 3.52. The lowest BCUT2D eigenvalue weighted by atomic mass is 9.95. The van der Waals surface area contributed by atoms with Crippen LogP contribution in [0.5, 0.6) is 0 Å². The van der Waals surface area contributed by atoms with Crippen LogP contribution < -0.4 is 9.80 Å². The molecule has 2 aromatic carbocycles. The number of amides is 1. The highest BCUT2D eigenvalue weighted by atomic mass is 32.1. The summed E-state index contributed by atoms with van der Waals surface area (Å²) in [5, 5.41) is 5.77.